The highest BCUT2D eigenvalue weighted by Crippen LogP contribution is 2.29. The van der Waals surface area contributed by atoms with E-state index >= 15 is 0 Å². The van der Waals surface area contributed by atoms with Gasteiger partial charge in [0.2, 0.25) is 5.91 Å². The van der Waals surface area contributed by atoms with Crippen molar-refractivity contribution in [2.24, 2.45) is 14.1 Å². The van der Waals surface area contributed by atoms with Crippen LogP contribution in [0.5, 0.6) is 0 Å². The monoisotopic (exact) mass is 363 g/mol. The Morgan fingerprint density at radius 1 is 1.31 bits per heavy atom. The van der Waals surface area contributed by atoms with Crippen molar-refractivity contribution in [1.29, 1.82) is 0 Å². The van der Waals surface area contributed by atoms with Crippen molar-refractivity contribution in [2.75, 3.05) is 0 Å². The molecule has 10 nitrogen and oxygen atoms in total. The smallest absolute Gasteiger partial charge is 0.332 e. The van der Waals surface area contributed by atoms with E-state index < -0.39 is 23.3 Å². The molecule has 140 valence electrons. The maximum absolute atomic E-state index is 12.6. The molecule has 0 aliphatic heterocycles. The van der Waals surface area contributed by atoms with Crippen LogP contribution in [-0.2, 0) is 30.2 Å². The molecule has 1 N–H and O–H groups in total. The van der Waals surface area contributed by atoms with Gasteiger partial charge in [0.25, 0.3) is 5.56 Å². The van der Waals surface area contributed by atoms with Crippen LogP contribution in [0.4, 0.5) is 0 Å². The molecule has 1 amide bonds. The van der Waals surface area contributed by atoms with Crippen LogP contribution in [-0.4, -0.2) is 52.7 Å². The van der Waals surface area contributed by atoms with Crippen LogP contribution >= 0.6 is 0 Å². The number of carboxylic acid groups (broad SMARTS) is 1. The van der Waals surface area contributed by atoms with Gasteiger partial charge in [-0.3, -0.25) is 18.7 Å². The fraction of sp³-hybridized carbons (Fsp3) is 0.562. The Morgan fingerprint density at radius 2 is 1.96 bits per heavy atom. The van der Waals surface area contributed by atoms with E-state index in [1.165, 1.54) is 41.4 Å². The lowest BCUT2D eigenvalue weighted by molar-refractivity contribution is -0.150. The molecular weight excluding hydrogens is 342 g/mol. The number of hydrogen-bond acceptors (Lipinski definition) is 5. The van der Waals surface area contributed by atoms with Gasteiger partial charge in [0, 0.05) is 33.1 Å². The summed E-state index contributed by atoms with van der Waals surface area (Å²) in [5.41, 5.74) is -0.458. The van der Waals surface area contributed by atoms with Crippen molar-refractivity contribution in [3.05, 3.63) is 27.2 Å². The van der Waals surface area contributed by atoms with Crippen molar-refractivity contribution in [3.63, 3.8) is 0 Å². The van der Waals surface area contributed by atoms with E-state index in [1.807, 2.05) is 0 Å². The molecule has 2 heterocycles. The summed E-state index contributed by atoms with van der Waals surface area (Å²) in [6.07, 6.45) is 3.08. The summed E-state index contributed by atoms with van der Waals surface area (Å²) in [6.45, 7) is 1.68. The molecule has 0 radical (unpaired) electrons. The minimum Gasteiger partial charge on any atom is -0.480 e. The summed E-state index contributed by atoms with van der Waals surface area (Å²) >= 11 is 0. The molecule has 0 spiro atoms. The van der Waals surface area contributed by atoms with Crippen LogP contribution in [0.3, 0.4) is 0 Å². The van der Waals surface area contributed by atoms with Gasteiger partial charge in [-0.25, -0.2) is 14.6 Å². The number of imidazole rings is 1. The Morgan fingerprint density at radius 3 is 2.54 bits per heavy atom. The Hall–Kier alpha value is -2.91. The molecule has 1 saturated carbocycles. The van der Waals surface area contributed by atoms with Gasteiger partial charge in [-0.1, -0.05) is 0 Å². The lowest BCUT2D eigenvalue weighted by Gasteiger charge is -2.26. The van der Waals surface area contributed by atoms with Crippen molar-refractivity contribution in [2.45, 2.75) is 44.8 Å². The number of aryl methyl sites for hydroxylation is 2. The number of carbonyl (C=O) groups is 2. The first kappa shape index (κ1) is 17.9. The molecule has 26 heavy (non-hydrogen) atoms. The van der Waals surface area contributed by atoms with Gasteiger partial charge in [-0.2, -0.15) is 0 Å². The first-order valence-electron chi connectivity index (χ1n) is 8.38. The molecule has 10 heteroatoms. The highest BCUT2D eigenvalue weighted by Gasteiger charge is 2.38. The second-order valence-corrected chi connectivity index (χ2v) is 6.61. The molecule has 0 bridgehead atoms. The summed E-state index contributed by atoms with van der Waals surface area (Å²) in [7, 11) is 2.91. The van der Waals surface area contributed by atoms with Gasteiger partial charge >= 0.3 is 11.7 Å². The highest BCUT2D eigenvalue weighted by molar-refractivity contribution is 5.84. The quantitative estimate of drug-likeness (QED) is 0.724. The average Bonchev–Trinajstić information content (AvgIpc) is 3.34. The molecule has 2 aromatic rings. The zero-order valence-corrected chi connectivity index (χ0v) is 14.9. The molecule has 0 saturated heterocycles. The summed E-state index contributed by atoms with van der Waals surface area (Å²) in [4.78, 5) is 53.7. The summed E-state index contributed by atoms with van der Waals surface area (Å²) < 4.78 is 3.80. The Bertz CT molecular complexity index is 997. The number of fused-ring (bicyclic) bond motifs is 1. The number of amides is 1. The lowest BCUT2D eigenvalue weighted by Crippen LogP contribution is -2.45. The summed E-state index contributed by atoms with van der Waals surface area (Å²) in [5, 5.41) is 9.21. The fourth-order valence-electron chi connectivity index (χ4n) is 3.12. The second kappa shape index (κ2) is 6.43. The van der Waals surface area contributed by atoms with E-state index in [1.54, 1.807) is 0 Å². The van der Waals surface area contributed by atoms with Gasteiger partial charge in [0.05, 0.1) is 6.33 Å². The number of nitrogens with zero attached hydrogens (tertiary/aromatic N) is 5. The SMILES string of the molecule is CC(C(=O)O)N(C(=O)CCn1cnc2c1c(=O)n(C)c(=O)n2C)C1CC1. The van der Waals surface area contributed by atoms with Gasteiger partial charge in [0.15, 0.2) is 11.2 Å². The van der Waals surface area contributed by atoms with Crippen LogP contribution in [0.2, 0.25) is 0 Å². The highest BCUT2D eigenvalue weighted by atomic mass is 16.4. The van der Waals surface area contributed by atoms with Crippen molar-refractivity contribution in [1.82, 2.24) is 23.6 Å². The lowest BCUT2D eigenvalue weighted by atomic mass is 10.2. The van der Waals surface area contributed by atoms with E-state index in [0.717, 1.165) is 17.4 Å². The minimum atomic E-state index is -1.04. The summed E-state index contributed by atoms with van der Waals surface area (Å²) in [5.74, 6) is -1.31. The van der Waals surface area contributed by atoms with E-state index in [0.29, 0.717) is 0 Å². The van der Waals surface area contributed by atoms with Crippen molar-refractivity contribution in [3.8, 4) is 0 Å². The van der Waals surface area contributed by atoms with E-state index in [-0.39, 0.29) is 36.1 Å². The van der Waals surface area contributed by atoms with Crippen LogP contribution in [0.25, 0.3) is 11.2 Å². The standard InChI is InChI=1S/C16H21N5O5/c1-9(15(24)25)21(10-4-5-10)11(22)6-7-20-8-17-13-12(20)14(23)19(3)16(26)18(13)2/h8-10H,4-7H2,1-3H3,(H,24,25). The maximum atomic E-state index is 12.6. The molecule has 3 rings (SSSR count). The number of carboxylic acids is 1. The minimum absolute atomic E-state index is 0.0261. The van der Waals surface area contributed by atoms with Crippen molar-refractivity contribution < 1.29 is 14.7 Å². The van der Waals surface area contributed by atoms with Crippen LogP contribution in [0, 0.1) is 0 Å². The molecule has 2 aromatic heterocycles. The first-order valence-corrected chi connectivity index (χ1v) is 8.38. The molecule has 1 aliphatic carbocycles. The van der Waals surface area contributed by atoms with Crippen LogP contribution in [0.1, 0.15) is 26.2 Å². The number of hydrogen-bond donors (Lipinski definition) is 1. The third kappa shape index (κ3) is 2.91. The van der Waals surface area contributed by atoms with Crippen LogP contribution < -0.4 is 11.2 Å². The molecule has 1 atom stereocenters. The first-order chi connectivity index (χ1) is 12.2. The molecule has 1 aliphatic rings. The molecule has 1 fully saturated rings. The zero-order valence-electron chi connectivity index (χ0n) is 14.9. The number of aliphatic carboxylic acids is 1. The normalized spacial score (nSPS) is 15.2. The third-order valence-electron chi connectivity index (χ3n) is 4.79. The molecule has 1 unspecified atom stereocenters. The maximum Gasteiger partial charge on any atom is 0.332 e. The van der Waals surface area contributed by atoms with E-state index in [2.05, 4.69) is 4.98 Å². The fourth-order valence-corrected chi connectivity index (χ4v) is 3.12. The molecular formula is C16H21N5O5. The predicted molar refractivity (Wildman–Crippen MR) is 91.8 cm³/mol. The summed E-state index contributed by atoms with van der Waals surface area (Å²) in [6, 6.07) is -0.912. The Balaban J connectivity index is 1.86. The van der Waals surface area contributed by atoms with E-state index in [9.17, 15) is 24.3 Å². The predicted octanol–water partition coefficient (Wildman–Crippen LogP) is -0.712. The van der Waals surface area contributed by atoms with E-state index in [4.69, 9.17) is 0 Å². The van der Waals surface area contributed by atoms with Crippen molar-refractivity contribution >= 4 is 23.0 Å². The Labute approximate surface area is 148 Å². The molecule has 0 aromatic carbocycles. The number of aromatic nitrogens is 4. The van der Waals surface area contributed by atoms with Crippen LogP contribution in [0.15, 0.2) is 15.9 Å². The van der Waals surface area contributed by atoms with Gasteiger partial charge in [0.1, 0.15) is 6.04 Å². The third-order valence-corrected chi connectivity index (χ3v) is 4.79. The van der Waals surface area contributed by atoms with Gasteiger partial charge < -0.3 is 14.6 Å². The average molecular weight is 363 g/mol. The second-order valence-electron chi connectivity index (χ2n) is 6.61. The zero-order chi connectivity index (χ0) is 19.2. The number of carbonyl (C=O) groups excluding carboxylic acids is 1. The largest absolute Gasteiger partial charge is 0.480 e. The van der Waals surface area contributed by atoms with Gasteiger partial charge in [-0.15, -0.1) is 0 Å². The topological polar surface area (TPSA) is 119 Å². The Kier molecular flexibility index (Phi) is 4.43. The van der Waals surface area contributed by atoms with Gasteiger partial charge in [-0.05, 0) is 19.8 Å². The number of rotatable bonds is 6.